The lowest BCUT2D eigenvalue weighted by molar-refractivity contribution is -0.137. The lowest BCUT2D eigenvalue weighted by atomic mass is 9.86. The molecule has 7 nitrogen and oxygen atoms in total. The number of hydrogen-bond acceptors (Lipinski definition) is 6. The summed E-state index contributed by atoms with van der Waals surface area (Å²) in [4.78, 5) is 24.7. The Bertz CT molecular complexity index is 1320. The molecule has 0 radical (unpaired) electrons. The van der Waals surface area contributed by atoms with E-state index < -0.39 is 29.0 Å². The number of aryl methyl sites for hydroxylation is 1. The fourth-order valence-electron chi connectivity index (χ4n) is 4.29. The first-order chi connectivity index (χ1) is 17.3. The number of aromatic nitrogens is 2. The molecule has 37 heavy (non-hydrogen) atoms. The molecule has 0 aliphatic heterocycles. The second-order valence-corrected chi connectivity index (χ2v) is 11.2. The standard InChI is InChI=1S/C27H29ClF2N2O5/c1-14-5-6-16(19(28)9-14)10-18(33)11-17(12-22(34)35)24-23(15-7-8-15)25(37-32-24)20-13-21(36-31-20)27(29,30)26(2,3)4/h5-6,9,13,15,17H,7-8,10-12H2,1-4H3,(H,34,35)/t17-/m1/s1. The maximum absolute atomic E-state index is 14.8. The third-order valence-electron chi connectivity index (χ3n) is 6.61. The van der Waals surface area contributed by atoms with Gasteiger partial charge in [-0.05, 0) is 42.9 Å². The fraction of sp³-hybridized carbons (Fsp3) is 0.481. The van der Waals surface area contributed by atoms with Gasteiger partial charge in [-0.15, -0.1) is 0 Å². The van der Waals surface area contributed by atoms with Crippen molar-refractivity contribution < 1.29 is 32.5 Å². The van der Waals surface area contributed by atoms with Gasteiger partial charge in [-0.1, -0.05) is 54.8 Å². The van der Waals surface area contributed by atoms with Crippen molar-refractivity contribution in [2.45, 2.75) is 77.6 Å². The molecule has 2 aromatic heterocycles. The number of carboxylic acids is 1. The lowest BCUT2D eigenvalue weighted by Crippen LogP contribution is -2.30. The van der Waals surface area contributed by atoms with E-state index in [-0.39, 0.29) is 42.4 Å². The van der Waals surface area contributed by atoms with E-state index in [1.54, 1.807) is 12.1 Å². The number of Topliss-reactive ketones (excluding diaryl/α,β-unsaturated/α-hetero) is 1. The van der Waals surface area contributed by atoms with E-state index in [0.29, 0.717) is 21.8 Å². The van der Waals surface area contributed by atoms with E-state index in [0.717, 1.165) is 24.5 Å². The van der Waals surface area contributed by atoms with Crippen LogP contribution in [-0.4, -0.2) is 27.2 Å². The monoisotopic (exact) mass is 534 g/mol. The Hall–Kier alpha value is -3.07. The molecule has 198 valence electrons. The van der Waals surface area contributed by atoms with Crippen molar-refractivity contribution in [3.05, 3.63) is 57.4 Å². The summed E-state index contributed by atoms with van der Waals surface area (Å²) in [5.41, 5.74) is 1.23. The molecule has 0 saturated heterocycles. The first-order valence-corrected chi connectivity index (χ1v) is 12.5. The molecule has 1 N–H and O–H groups in total. The highest BCUT2D eigenvalue weighted by molar-refractivity contribution is 6.31. The predicted octanol–water partition coefficient (Wildman–Crippen LogP) is 7.07. The fourth-order valence-corrected chi connectivity index (χ4v) is 4.59. The second-order valence-electron chi connectivity index (χ2n) is 10.8. The van der Waals surface area contributed by atoms with Gasteiger partial charge in [-0.3, -0.25) is 9.59 Å². The third-order valence-corrected chi connectivity index (χ3v) is 6.97. The number of carbonyl (C=O) groups is 2. The molecule has 1 fully saturated rings. The summed E-state index contributed by atoms with van der Waals surface area (Å²) < 4.78 is 40.2. The van der Waals surface area contributed by atoms with E-state index in [4.69, 9.17) is 20.6 Å². The smallest absolute Gasteiger partial charge is 0.312 e. The molecule has 4 rings (SSSR count). The third kappa shape index (κ3) is 5.76. The molecule has 2 heterocycles. The van der Waals surface area contributed by atoms with Crippen LogP contribution in [0.5, 0.6) is 0 Å². The Kier molecular flexibility index (Phi) is 7.29. The molecule has 1 atom stereocenters. The van der Waals surface area contributed by atoms with Gasteiger partial charge in [0.15, 0.2) is 11.5 Å². The molecule has 1 aliphatic carbocycles. The van der Waals surface area contributed by atoms with Gasteiger partial charge < -0.3 is 14.2 Å². The molecule has 1 saturated carbocycles. The van der Waals surface area contributed by atoms with Crippen LogP contribution in [0.2, 0.25) is 5.02 Å². The topological polar surface area (TPSA) is 106 Å². The van der Waals surface area contributed by atoms with Crippen molar-refractivity contribution in [3.8, 4) is 11.5 Å². The lowest BCUT2D eigenvalue weighted by Gasteiger charge is -2.27. The van der Waals surface area contributed by atoms with Gasteiger partial charge in [-0.2, -0.15) is 8.78 Å². The van der Waals surface area contributed by atoms with Gasteiger partial charge in [-0.25, -0.2) is 0 Å². The van der Waals surface area contributed by atoms with Crippen LogP contribution in [0, 0.1) is 12.3 Å². The number of carbonyl (C=O) groups excluding carboxylic acids is 1. The summed E-state index contributed by atoms with van der Waals surface area (Å²) >= 11 is 6.28. The number of benzene rings is 1. The van der Waals surface area contributed by atoms with Crippen molar-refractivity contribution >= 4 is 23.4 Å². The van der Waals surface area contributed by atoms with Crippen molar-refractivity contribution in [2.75, 3.05) is 0 Å². The number of nitrogens with zero attached hydrogens (tertiary/aromatic N) is 2. The van der Waals surface area contributed by atoms with Gasteiger partial charge in [0, 0.05) is 40.8 Å². The highest BCUT2D eigenvalue weighted by atomic mass is 35.5. The van der Waals surface area contributed by atoms with Crippen molar-refractivity contribution in [1.82, 2.24) is 10.3 Å². The molecule has 10 heteroatoms. The van der Waals surface area contributed by atoms with E-state index in [1.807, 2.05) is 13.0 Å². The van der Waals surface area contributed by atoms with E-state index >= 15 is 0 Å². The van der Waals surface area contributed by atoms with E-state index in [1.165, 1.54) is 20.8 Å². The number of rotatable bonds is 10. The summed E-state index contributed by atoms with van der Waals surface area (Å²) in [6.07, 6.45) is 1.22. The molecular weight excluding hydrogens is 506 g/mol. The average molecular weight is 535 g/mol. The quantitative estimate of drug-likeness (QED) is 0.296. The van der Waals surface area contributed by atoms with Gasteiger partial charge >= 0.3 is 11.9 Å². The molecular formula is C27H29ClF2N2O5. The maximum Gasteiger partial charge on any atom is 0.312 e. The van der Waals surface area contributed by atoms with Crippen LogP contribution in [0.15, 0.2) is 33.3 Å². The minimum absolute atomic E-state index is 0.0115. The largest absolute Gasteiger partial charge is 0.481 e. The van der Waals surface area contributed by atoms with Crippen molar-refractivity contribution in [1.29, 1.82) is 0 Å². The van der Waals surface area contributed by atoms with Gasteiger partial charge in [0.25, 0.3) is 0 Å². The van der Waals surface area contributed by atoms with Crippen LogP contribution in [-0.2, 0) is 21.9 Å². The zero-order valence-corrected chi connectivity index (χ0v) is 21.9. The Morgan fingerprint density at radius 3 is 2.43 bits per heavy atom. The van der Waals surface area contributed by atoms with Crippen LogP contribution >= 0.6 is 11.6 Å². The Morgan fingerprint density at radius 1 is 1.14 bits per heavy atom. The zero-order valence-electron chi connectivity index (χ0n) is 21.1. The highest BCUT2D eigenvalue weighted by Gasteiger charge is 2.49. The van der Waals surface area contributed by atoms with Gasteiger partial charge in [0.2, 0.25) is 5.76 Å². The molecule has 3 aromatic rings. The van der Waals surface area contributed by atoms with Crippen molar-refractivity contribution in [3.63, 3.8) is 0 Å². The maximum atomic E-state index is 14.8. The molecule has 1 aromatic carbocycles. The Balaban J connectivity index is 1.64. The minimum atomic E-state index is -3.28. The number of halogens is 3. The van der Waals surface area contributed by atoms with Crippen LogP contribution in [0.1, 0.15) is 86.4 Å². The molecule has 0 amide bonds. The molecule has 0 bridgehead atoms. The Labute approximate surface area is 218 Å². The van der Waals surface area contributed by atoms with Crippen LogP contribution in [0.4, 0.5) is 8.78 Å². The summed E-state index contributed by atoms with van der Waals surface area (Å²) in [6.45, 7) is 6.09. The minimum Gasteiger partial charge on any atom is -0.481 e. The molecule has 1 aliphatic rings. The first-order valence-electron chi connectivity index (χ1n) is 12.1. The summed E-state index contributed by atoms with van der Waals surface area (Å²) in [5.74, 6) is -5.75. The SMILES string of the molecule is Cc1ccc(CC(=O)C[C@H](CC(=O)O)c2noc(-c3cc(C(F)(F)C(C)(C)C)on3)c2C2CC2)c(Cl)c1. The summed E-state index contributed by atoms with van der Waals surface area (Å²) in [7, 11) is 0. The summed E-state index contributed by atoms with van der Waals surface area (Å²) in [5, 5.41) is 18.0. The number of ketones is 1. The zero-order chi connectivity index (χ0) is 27.1. The van der Waals surface area contributed by atoms with Gasteiger partial charge in [0.1, 0.15) is 5.78 Å². The first kappa shape index (κ1) is 27.0. The number of aliphatic carboxylic acids is 1. The number of hydrogen-bond donors (Lipinski definition) is 1. The summed E-state index contributed by atoms with van der Waals surface area (Å²) in [6, 6.07) is 6.54. The second kappa shape index (κ2) is 10.0. The van der Waals surface area contributed by atoms with Crippen molar-refractivity contribution in [2.24, 2.45) is 5.41 Å². The number of carboxylic acid groups (broad SMARTS) is 1. The predicted molar refractivity (Wildman–Crippen MR) is 132 cm³/mol. The molecule has 0 spiro atoms. The molecule has 0 unspecified atom stereocenters. The van der Waals surface area contributed by atoms with Crippen LogP contribution in [0.25, 0.3) is 11.5 Å². The Morgan fingerprint density at radius 2 is 1.84 bits per heavy atom. The van der Waals surface area contributed by atoms with Crippen LogP contribution < -0.4 is 0 Å². The average Bonchev–Trinajstić information content (AvgIpc) is 3.32. The van der Waals surface area contributed by atoms with Gasteiger partial charge in [0.05, 0.1) is 12.1 Å². The van der Waals surface area contributed by atoms with E-state index in [9.17, 15) is 23.5 Å². The normalized spacial score (nSPS) is 15.1. The highest BCUT2D eigenvalue weighted by Crippen LogP contribution is 2.50. The van der Waals surface area contributed by atoms with E-state index in [2.05, 4.69) is 10.3 Å². The van der Waals surface area contributed by atoms with Crippen LogP contribution in [0.3, 0.4) is 0 Å². The number of alkyl halides is 2.